The van der Waals surface area contributed by atoms with Gasteiger partial charge in [0.2, 0.25) is 4.96 Å². The molecule has 0 saturated carbocycles. The normalized spacial score (nSPS) is 11.6. The number of aromatic nitrogens is 5. The Balaban J connectivity index is 1.48. The Bertz CT molecular complexity index is 1590. The Morgan fingerprint density at radius 2 is 1.91 bits per heavy atom. The molecule has 0 saturated heterocycles. The van der Waals surface area contributed by atoms with E-state index in [1.807, 2.05) is 16.8 Å². The van der Waals surface area contributed by atoms with Crippen LogP contribution in [0, 0.1) is 6.92 Å². The molecule has 0 aliphatic heterocycles. The van der Waals surface area contributed by atoms with Crippen LogP contribution in [0.2, 0.25) is 0 Å². The van der Waals surface area contributed by atoms with Crippen LogP contribution in [0.4, 0.5) is 0 Å². The van der Waals surface area contributed by atoms with Crippen LogP contribution in [-0.4, -0.2) is 31.3 Å². The Hall–Kier alpha value is -3.49. The van der Waals surface area contributed by atoms with Crippen molar-refractivity contribution in [2.75, 3.05) is 7.11 Å². The second-order valence-corrected chi connectivity index (χ2v) is 9.99. The number of fused-ring (bicyclic) bond motifs is 2. The fraction of sp³-hybridized carbons (Fsp3) is 0.192. The summed E-state index contributed by atoms with van der Waals surface area (Å²) < 4.78 is 9.48. The van der Waals surface area contributed by atoms with Gasteiger partial charge in [0.05, 0.1) is 31.2 Å². The summed E-state index contributed by atoms with van der Waals surface area (Å²) in [4.78, 5) is 10.7. The lowest BCUT2D eigenvalue weighted by Crippen LogP contribution is -2.04. The van der Waals surface area contributed by atoms with Gasteiger partial charge in [0.15, 0.2) is 0 Å². The van der Waals surface area contributed by atoms with Crippen LogP contribution >= 0.6 is 22.7 Å². The van der Waals surface area contributed by atoms with E-state index in [4.69, 9.17) is 14.7 Å². The average Bonchev–Trinajstić information content (AvgIpc) is 3.61. The van der Waals surface area contributed by atoms with E-state index in [1.165, 1.54) is 39.1 Å². The SMILES string of the molecule is CCc1c(-c2cn3nc(OC)sc3n2)c2cc(C)ccc2n1Cc1csc(-c2ccccc2)n1. The number of nitrogens with zero attached hydrogens (tertiary/aromatic N) is 5. The van der Waals surface area contributed by atoms with Gasteiger partial charge >= 0.3 is 0 Å². The summed E-state index contributed by atoms with van der Waals surface area (Å²) in [7, 11) is 1.63. The molecule has 0 unspecified atom stereocenters. The van der Waals surface area contributed by atoms with Crippen LogP contribution < -0.4 is 4.74 Å². The maximum atomic E-state index is 5.27. The average molecular weight is 486 g/mol. The molecule has 6 aromatic rings. The highest BCUT2D eigenvalue weighted by Gasteiger charge is 2.21. The number of ether oxygens (including phenoxy) is 1. The molecular formula is C26H23N5OS2. The largest absolute Gasteiger partial charge is 0.472 e. The van der Waals surface area contributed by atoms with Crippen molar-refractivity contribution in [3.05, 3.63) is 77.1 Å². The number of benzene rings is 2. The third kappa shape index (κ3) is 3.50. The minimum absolute atomic E-state index is 0.612. The molecule has 0 N–H and O–H groups in total. The number of rotatable bonds is 6. The fourth-order valence-electron chi connectivity index (χ4n) is 4.50. The van der Waals surface area contributed by atoms with E-state index < -0.39 is 0 Å². The van der Waals surface area contributed by atoms with Crippen molar-refractivity contribution in [3.8, 4) is 27.0 Å². The zero-order valence-electron chi connectivity index (χ0n) is 19.1. The Labute approximate surface area is 205 Å². The van der Waals surface area contributed by atoms with Gasteiger partial charge in [-0.3, -0.25) is 0 Å². The highest BCUT2D eigenvalue weighted by molar-refractivity contribution is 7.18. The summed E-state index contributed by atoms with van der Waals surface area (Å²) in [5.41, 5.74) is 8.03. The molecular weight excluding hydrogens is 462 g/mol. The van der Waals surface area contributed by atoms with E-state index in [0.717, 1.165) is 39.9 Å². The maximum absolute atomic E-state index is 5.27. The van der Waals surface area contributed by atoms with Gasteiger partial charge in [-0.05, 0) is 36.8 Å². The molecule has 0 radical (unpaired) electrons. The van der Waals surface area contributed by atoms with Gasteiger partial charge in [-0.25, -0.2) is 14.5 Å². The van der Waals surface area contributed by atoms with E-state index in [-0.39, 0.29) is 0 Å². The summed E-state index contributed by atoms with van der Waals surface area (Å²) >= 11 is 3.14. The van der Waals surface area contributed by atoms with Gasteiger partial charge in [-0.2, -0.15) is 0 Å². The van der Waals surface area contributed by atoms with E-state index >= 15 is 0 Å². The van der Waals surface area contributed by atoms with Crippen molar-refractivity contribution in [2.24, 2.45) is 0 Å². The first-order valence-electron chi connectivity index (χ1n) is 11.2. The van der Waals surface area contributed by atoms with Crippen LogP contribution in [0.1, 0.15) is 23.9 Å². The Morgan fingerprint density at radius 3 is 2.68 bits per heavy atom. The van der Waals surface area contributed by atoms with E-state index in [0.29, 0.717) is 5.19 Å². The van der Waals surface area contributed by atoms with Crippen molar-refractivity contribution >= 4 is 38.5 Å². The first-order chi connectivity index (χ1) is 16.6. The van der Waals surface area contributed by atoms with Crippen LogP contribution in [0.15, 0.2) is 60.1 Å². The third-order valence-corrected chi connectivity index (χ3v) is 7.83. The van der Waals surface area contributed by atoms with Crippen LogP contribution in [0.5, 0.6) is 5.19 Å². The smallest absolute Gasteiger partial charge is 0.294 e. The monoisotopic (exact) mass is 485 g/mol. The third-order valence-electron chi connectivity index (χ3n) is 6.01. The summed E-state index contributed by atoms with van der Waals surface area (Å²) in [5, 5.41) is 9.52. The zero-order chi connectivity index (χ0) is 23.2. The molecule has 0 spiro atoms. The predicted molar refractivity (Wildman–Crippen MR) is 139 cm³/mol. The van der Waals surface area contributed by atoms with Crippen molar-refractivity contribution in [1.82, 2.24) is 24.1 Å². The molecule has 4 aromatic heterocycles. The van der Waals surface area contributed by atoms with Gasteiger partial charge < -0.3 is 9.30 Å². The highest BCUT2D eigenvalue weighted by atomic mass is 32.1. The molecule has 2 aromatic carbocycles. The first-order valence-corrected chi connectivity index (χ1v) is 12.9. The standard InChI is InChI=1S/C26H23N5OS2/c1-4-21-23(20-14-31-25(28-20)34-26(29-31)32-3)19-12-16(2)10-11-22(19)30(21)13-18-15-33-24(27-18)17-8-6-5-7-9-17/h5-12,14-15H,4,13H2,1-3H3. The summed E-state index contributed by atoms with van der Waals surface area (Å²) in [6.45, 7) is 5.06. The maximum Gasteiger partial charge on any atom is 0.294 e. The summed E-state index contributed by atoms with van der Waals surface area (Å²) in [5.74, 6) is 0. The molecule has 6 nitrogen and oxygen atoms in total. The fourth-order valence-corrected chi connectivity index (χ4v) is 6.01. The highest BCUT2D eigenvalue weighted by Crippen LogP contribution is 2.37. The molecule has 0 atom stereocenters. The number of hydrogen-bond donors (Lipinski definition) is 0. The molecule has 0 aliphatic rings. The molecule has 0 bridgehead atoms. The van der Waals surface area contributed by atoms with Crippen molar-refractivity contribution in [1.29, 1.82) is 0 Å². The van der Waals surface area contributed by atoms with Crippen molar-refractivity contribution < 1.29 is 4.74 Å². The van der Waals surface area contributed by atoms with Gasteiger partial charge in [-0.1, -0.05) is 48.9 Å². The number of methoxy groups -OCH3 is 1. The van der Waals surface area contributed by atoms with Crippen molar-refractivity contribution in [3.63, 3.8) is 0 Å². The number of thiazole rings is 1. The van der Waals surface area contributed by atoms with Crippen LogP contribution in [0.25, 0.3) is 37.7 Å². The molecule has 8 heteroatoms. The molecule has 0 fully saturated rings. The predicted octanol–water partition coefficient (Wildman–Crippen LogP) is 6.46. The Kier molecular flexibility index (Phi) is 5.19. The second kappa shape index (κ2) is 8.38. The van der Waals surface area contributed by atoms with Gasteiger partial charge in [0.25, 0.3) is 5.19 Å². The van der Waals surface area contributed by atoms with E-state index in [1.54, 1.807) is 18.4 Å². The van der Waals surface area contributed by atoms with Crippen LogP contribution in [-0.2, 0) is 13.0 Å². The van der Waals surface area contributed by atoms with Crippen LogP contribution in [0.3, 0.4) is 0 Å². The molecule has 0 amide bonds. The Morgan fingerprint density at radius 1 is 1.06 bits per heavy atom. The van der Waals surface area contributed by atoms with E-state index in [2.05, 4.69) is 71.4 Å². The molecule has 34 heavy (non-hydrogen) atoms. The lowest BCUT2D eigenvalue weighted by atomic mass is 10.1. The molecule has 0 aliphatic carbocycles. The summed E-state index contributed by atoms with van der Waals surface area (Å²) in [6.07, 6.45) is 2.89. The number of imidazole rings is 1. The van der Waals surface area contributed by atoms with Crippen molar-refractivity contribution in [2.45, 2.75) is 26.8 Å². The minimum atomic E-state index is 0.612. The molecule has 4 heterocycles. The number of hydrogen-bond acceptors (Lipinski definition) is 6. The van der Waals surface area contributed by atoms with E-state index in [9.17, 15) is 0 Å². The second-order valence-electron chi connectivity index (χ2n) is 8.22. The van der Waals surface area contributed by atoms with Gasteiger partial charge in [0.1, 0.15) is 5.01 Å². The van der Waals surface area contributed by atoms with Gasteiger partial charge in [-0.15, -0.1) is 16.4 Å². The lowest BCUT2D eigenvalue weighted by Gasteiger charge is -2.09. The molecule has 170 valence electrons. The lowest BCUT2D eigenvalue weighted by molar-refractivity contribution is 0.405. The minimum Gasteiger partial charge on any atom is -0.472 e. The summed E-state index contributed by atoms with van der Waals surface area (Å²) in [6, 6.07) is 17.0. The van der Waals surface area contributed by atoms with Gasteiger partial charge in [0, 0.05) is 33.1 Å². The number of aryl methyl sites for hydroxylation is 1. The first kappa shape index (κ1) is 21.1. The topological polar surface area (TPSA) is 57.2 Å². The quantitative estimate of drug-likeness (QED) is 0.272. The molecule has 6 rings (SSSR count). The zero-order valence-corrected chi connectivity index (χ0v) is 20.8.